The molecular weight excluding hydrogens is 499 g/mol. The number of guanidine groups is 1. The molecular formula is C21H31IN4O2S. The highest BCUT2D eigenvalue weighted by Crippen LogP contribution is 2.16. The first-order valence-corrected chi connectivity index (χ1v) is 11.0. The van der Waals surface area contributed by atoms with Gasteiger partial charge >= 0.3 is 0 Å². The van der Waals surface area contributed by atoms with Gasteiger partial charge in [-0.2, -0.15) is 0 Å². The van der Waals surface area contributed by atoms with E-state index in [9.17, 15) is 8.42 Å². The van der Waals surface area contributed by atoms with Crippen LogP contribution < -0.4 is 10.6 Å². The summed E-state index contributed by atoms with van der Waals surface area (Å²) in [5, 5.41) is 6.56. The molecule has 0 aromatic heterocycles. The van der Waals surface area contributed by atoms with Crippen LogP contribution in [0.15, 0.2) is 52.4 Å². The van der Waals surface area contributed by atoms with Gasteiger partial charge < -0.3 is 15.5 Å². The van der Waals surface area contributed by atoms with Gasteiger partial charge in [-0.05, 0) is 49.3 Å². The summed E-state index contributed by atoms with van der Waals surface area (Å²) in [6.45, 7) is 3.97. The predicted molar refractivity (Wildman–Crippen MR) is 131 cm³/mol. The summed E-state index contributed by atoms with van der Waals surface area (Å²) in [5.74, 6) is 0.696. The molecule has 2 rings (SSSR count). The summed E-state index contributed by atoms with van der Waals surface area (Å²) in [7, 11) is 2.65. The van der Waals surface area contributed by atoms with Crippen molar-refractivity contribution in [1.29, 1.82) is 0 Å². The lowest BCUT2D eigenvalue weighted by molar-refractivity contribution is 0.402. The first-order valence-electron chi connectivity index (χ1n) is 9.15. The van der Waals surface area contributed by atoms with Crippen LogP contribution in [0, 0.1) is 6.92 Å². The maximum atomic E-state index is 11.7. The molecule has 2 aromatic carbocycles. The van der Waals surface area contributed by atoms with Crippen LogP contribution in [0.25, 0.3) is 0 Å². The second kappa shape index (κ2) is 11.5. The highest BCUT2D eigenvalue weighted by molar-refractivity contribution is 14.0. The highest BCUT2D eigenvalue weighted by atomic mass is 127. The first kappa shape index (κ1) is 25.4. The lowest BCUT2D eigenvalue weighted by Crippen LogP contribution is -2.36. The minimum atomic E-state index is -3.19. The Balaban J connectivity index is 0.00000420. The van der Waals surface area contributed by atoms with Crippen LogP contribution in [-0.4, -0.2) is 46.7 Å². The number of sulfone groups is 1. The number of nitrogens with one attached hydrogen (secondary N) is 2. The third-order valence-electron chi connectivity index (χ3n) is 4.30. The fourth-order valence-corrected chi connectivity index (χ4v) is 3.92. The van der Waals surface area contributed by atoms with Crippen molar-refractivity contribution >= 4 is 39.8 Å². The van der Waals surface area contributed by atoms with Crippen molar-refractivity contribution in [3.05, 3.63) is 64.7 Å². The number of rotatable bonds is 7. The third-order valence-corrected chi connectivity index (χ3v) is 5.56. The van der Waals surface area contributed by atoms with E-state index >= 15 is 0 Å². The van der Waals surface area contributed by atoms with E-state index in [-0.39, 0.29) is 24.0 Å². The minimum Gasteiger partial charge on any atom is -0.352 e. The maximum Gasteiger partial charge on any atom is 0.191 e. The molecule has 160 valence electrons. The van der Waals surface area contributed by atoms with Gasteiger partial charge in [0.15, 0.2) is 15.8 Å². The Bertz CT molecular complexity index is 926. The SMILES string of the molecule is CN=C(NCc1ccc(CN(C)C)cc1)NCc1ccc(S(C)(=O)=O)c(C)c1.I. The van der Waals surface area contributed by atoms with Gasteiger partial charge in [-0.1, -0.05) is 36.4 Å². The van der Waals surface area contributed by atoms with Gasteiger partial charge in [0.25, 0.3) is 0 Å². The molecule has 6 nitrogen and oxygen atoms in total. The molecule has 2 aromatic rings. The number of halogens is 1. The van der Waals surface area contributed by atoms with Gasteiger partial charge in [0, 0.05) is 32.9 Å². The van der Waals surface area contributed by atoms with Gasteiger partial charge in [-0.15, -0.1) is 24.0 Å². The van der Waals surface area contributed by atoms with E-state index < -0.39 is 9.84 Å². The Morgan fingerprint density at radius 1 is 0.966 bits per heavy atom. The normalized spacial score (nSPS) is 11.9. The number of benzene rings is 2. The molecule has 0 fully saturated rings. The monoisotopic (exact) mass is 530 g/mol. The molecule has 0 saturated carbocycles. The molecule has 8 heteroatoms. The van der Waals surface area contributed by atoms with E-state index in [1.165, 1.54) is 17.4 Å². The minimum absolute atomic E-state index is 0. The van der Waals surface area contributed by atoms with Crippen molar-refractivity contribution in [3.63, 3.8) is 0 Å². The molecule has 0 aliphatic heterocycles. The van der Waals surface area contributed by atoms with Gasteiger partial charge in [0.2, 0.25) is 0 Å². The Hall–Kier alpha value is -1.65. The quantitative estimate of drug-likeness (QED) is 0.327. The zero-order chi connectivity index (χ0) is 20.7. The number of nitrogens with zero attached hydrogens (tertiary/aromatic N) is 2. The van der Waals surface area contributed by atoms with Crippen LogP contribution >= 0.6 is 24.0 Å². The number of aryl methyl sites for hydroxylation is 1. The lowest BCUT2D eigenvalue weighted by Gasteiger charge is -2.14. The van der Waals surface area contributed by atoms with Crippen LogP contribution in [0.5, 0.6) is 0 Å². The fourth-order valence-electron chi connectivity index (χ4n) is 2.96. The molecule has 2 N–H and O–H groups in total. The van der Waals surface area contributed by atoms with Crippen molar-refractivity contribution < 1.29 is 8.42 Å². The van der Waals surface area contributed by atoms with E-state index in [4.69, 9.17) is 0 Å². The Morgan fingerprint density at radius 3 is 1.97 bits per heavy atom. The zero-order valence-corrected chi connectivity index (χ0v) is 20.8. The molecule has 0 unspecified atom stereocenters. The number of hydrogen-bond acceptors (Lipinski definition) is 4. The Morgan fingerprint density at radius 2 is 1.48 bits per heavy atom. The van der Waals surface area contributed by atoms with Gasteiger partial charge in [0.05, 0.1) is 4.90 Å². The standard InChI is InChI=1S/C21H30N4O2S.HI/c1-16-12-19(10-11-20(16)28(5,26)27)14-24-21(22-2)23-13-17-6-8-18(9-7-17)15-25(3)4;/h6-12H,13-15H2,1-5H3,(H2,22,23,24);1H. The third kappa shape index (κ3) is 8.31. The molecule has 0 atom stereocenters. The molecule has 0 saturated heterocycles. The van der Waals surface area contributed by atoms with E-state index in [0.29, 0.717) is 23.9 Å². The molecule has 29 heavy (non-hydrogen) atoms. The Labute approximate surface area is 191 Å². The van der Waals surface area contributed by atoms with Crippen LogP contribution in [0.3, 0.4) is 0 Å². The fraction of sp³-hybridized carbons (Fsp3) is 0.381. The average molecular weight is 530 g/mol. The van der Waals surface area contributed by atoms with Crippen LogP contribution in [0.1, 0.15) is 22.3 Å². The summed E-state index contributed by atoms with van der Waals surface area (Å²) in [6, 6.07) is 13.9. The summed E-state index contributed by atoms with van der Waals surface area (Å²) in [4.78, 5) is 6.76. The number of aliphatic imine (C=N–C) groups is 1. The highest BCUT2D eigenvalue weighted by Gasteiger charge is 2.11. The lowest BCUT2D eigenvalue weighted by atomic mass is 10.1. The van der Waals surface area contributed by atoms with E-state index in [1.807, 2.05) is 19.1 Å². The second-order valence-corrected chi connectivity index (χ2v) is 9.19. The van der Waals surface area contributed by atoms with Gasteiger partial charge in [-0.25, -0.2) is 8.42 Å². The van der Waals surface area contributed by atoms with E-state index in [0.717, 1.165) is 17.7 Å². The molecule has 0 radical (unpaired) electrons. The van der Waals surface area contributed by atoms with Crippen molar-refractivity contribution in [2.75, 3.05) is 27.4 Å². The molecule has 0 amide bonds. The Kier molecular flexibility index (Phi) is 10.1. The molecule has 0 bridgehead atoms. The molecule has 0 spiro atoms. The zero-order valence-electron chi connectivity index (χ0n) is 17.7. The van der Waals surface area contributed by atoms with Crippen molar-refractivity contribution in [1.82, 2.24) is 15.5 Å². The predicted octanol–water partition coefficient (Wildman–Crippen LogP) is 2.94. The van der Waals surface area contributed by atoms with Crippen molar-refractivity contribution in [2.45, 2.75) is 31.5 Å². The summed E-state index contributed by atoms with van der Waals surface area (Å²) in [6.07, 6.45) is 1.23. The maximum absolute atomic E-state index is 11.7. The molecule has 0 aliphatic carbocycles. The molecule has 0 aliphatic rings. The van der Waals surface area contributed by atoms with Crippen LogP contribution in [-0.2, 0) is 29.5 Å². The first-order chi connectivity index (χ1) is 13.2. The van der Waals surface area contributed by atoms with Crippen LogP contribution in [0.4, 0.5) is 0 Å². The van der Waals surface area contributed by atoms with E-state index in [2.05, 4.69) is 58.9 Å². The average Bonchev–Trinajstić information content (AvgIpc) is 2.61. The smallest absolute Gasteiger partial charge is 0.191 e. The van der Waals surface area contributed by atoms with Crippen molar-refractivity contribution in [2.24, 2.45) is 4.99 Å². The number of hydrogen-bond donors (Lipinski definition) is 2. The summed E-state index contributed by atoms with van der Waals surface area (Å²) < 4.78 is 23.4. The van der Waals surface area contributed by atoms with Gasteiger partial charge in [0.1, 0.15) is 0 Å². The summed E-state index contributed by atoms with van der Waals surface area (Å²) >= 11 is 0. The van der Waals surface area contributed by atoms with E-state index in [1.54, 1.807) is 13.1 Å². The van der Waals surface area contributed by atoms with Crippen LogP contribution in [0.2, 0.25) is 0 Å². The topological polar surface area (TPSA) is 73.8 Å². The summed E-state index contributed by atoms with van der Waals surface area (Å²) in [5.41, 5.74) is 4.21. The molecule has 0 heterocycles. The van der Waals surface area contributed by atoms with Gasteiger partial charge in [-0.3, -0.25) is 4.99 Å². The largest absolute Gasteiger partial charge is 0.352 e. The van der Waals surface area contributed by atoms with Crippen molar-refractivity contribution in [3.8, 4) is 0 Å². The second-order valence-electron chi connectivity index (χ2n) is 7.21.